The molecule has 1 saturated heterocycles. The number of thioether (sulfide) groups is 1. The Hall–Kier alpha value is -5.28. The Balaban J connectivity index is 1.38. The largest absolute Gasteiger partial charge is 0.457 e. The second kappa shape index (κ2) is 15.3. The molecule has 0 radical (unpaired) electrons. The molecule has 0 spiro atoms. The van der Waals surface area contributed by atoms with Gasteiger partial charge in [0.2, 0.25) is 12.0 Å². The molecule has 3 aromatic rings. The molecule has 1 aromatic heterocycles. The van der Waals surface area contributed by atoms with Gasteiger partial charge in [0.25, 0.3) is 11.8 Å². The van der Waals surface area contributed by atoms with Gasteiger partial charge in [-0.05, 0) is 51.3 Å². The summed E-state index contributed by atoms with van der Waals surface area (Å²) in [6, 6.07) is 17.5. The first-order valence-corrected chi connectivity index (χ1v) is 17.7. The predicted octanol–water partition coefficient (Wildman–Crippen LogP) is 4.73. The lowest BCUT2D eigenvalue weighted by Gasteiger charge is -2.49. The number of hydrogen-bond acceptors (Lipinski definition) is 12. The van der Waals surface area contributed by atoms with Crippen molar-refractivity contribution in [1.82, 2.24) is 15.2 Å². The van der Waals surface area contributed by atoms with Crippen molar-refractivity contribution in [2.75, 3.05) is 11.1 Å². The van der Waals surface area contributed by atoms with E-state index in [0.717, 1.165) is 22.5 Å². The van der Waals surface area contributed by atoms with Gasteiger partial charge in [-0.2, -0.15) is 0 Å². The normalized spacial score (nSPS) is 17.6. The minimum absolute atomic E-state index is 0.0211. The molecule has 2 aliphatic heterocycles. The van der Waals surface area contributed by atoms with E-state index in [-0.39, 0.29) is 22.2 Å². The van der Waals surface area contributed by atoms with Crippen LogP contribution in [0.4, 0.5) is 5.13 Å². The molecule has 266 valence electrons. The summed E-state index contributed by atoms with van der Waals surface area (Å²) in [5.74, 6) is -2.53. The summed E-state index contributed by atoms with van der Waals surface area (Å²) in [6.07, 6.45) is 1.19. The molecule has 51 heavy (non-hydrogen) atoms. The van der Waals surface area contributed by atoms with E-state index in [1.807, 2.05) is 60.7 Å². The van der Waals surface area contributed by atoms with Gasteiger partial charge in [0, 0.05) is 11.1 Å². The number of aromatic nitrogens is 1. The molecule has 3 heterocycles. The zero-order valence-corrected chi connectivity index (χ0v) is 30.2. The number of nitrogens with zero attached hydrogens (tertiary/aromatic N) is 3. The number of allylic oxidation sites excluding steroid dienone is 1. The molecular formula is C36H37N5O8S2. The zero-order valence-electron chi connectivity index (χ0n) is 28.6. The topological polar surface area (TPSA) is 166 Å². The molecule has 1 fully saturated rings. The molecule has 0 bridgehead atoms. The summed E-state index contributed by atoms with van der Waals surface area (Å²) in [6.45, 7) is 11.8. The van der Waals surface area contributed by atoms with Crippen molar-refractivity contribution in [3.63, 3.8) is 0 Å². The lowest BCUT2D eigenvalue weighted by atomic mass is 10.0. The molecular weight excluding hydrogens is 695 g/mol. The number of fused-ring (bicyclic) bond motifs is 1. The average Bonchev–Trinajstić information content (AvgIpc) is 3.56. The second-order valence-electron chi connectivity index (χ2n) is 12.9. The number of ether oxygens (including phenoxy) is 2. The van der Waals surface area contributed by atoms with Crippen LogP contribution in [0.3, 0.4) is 0 Å². The summed E-state index contributed by atoms with van der Waals surface area (Å²) in [5.41, 5.74) is -0.709. The summed E-state index contributed by atoms with van der Waals surface area (Å²) in [7, 11) is 0. The quantitative estimate of drug-likeness (QED) is 0.0826. The van der Waals surface area contributed by atoms with Gasteiger partial charge in [-0.1, -0.05) is 78.5 Å². The maximum atomic E-state index is 13.9. The van der Waals surface area contributed by atoms with Crippen LogP contribution in [0.1, 0.15) is 57.5 Å². The SMILES string of the molecule is C=CC1=C(C(=O)OC(c2ccccc2)c2ccccc2)N2C(=O)C(NC(=O)/C(=N/OC(C)(C)C(=O)OC(C)(C)C)c3csc(NC=O)n3)[C@H]2SC1. The maximum absolute atomic E-state index is 13.9. The third kappa shape index (κ3) is 8.37. The van der Waals surface area contributed by atoms with Crippen molar-refractivity contribution in [3.05, 3.63) is 107 Å². The average molecular weight is 732 g/mol. The molecule has 0 aliphatic carbocycles. The summed E-state index contributed by atoms with van der Waals surface area (Å²) in [5, 5.41) is 10.1. The van der Waals surface area contributed by atoms with Crippen LogP contribution in [0.25, 0.3) is 0 Å². The fourth-order valence-corrected chi connectivity index (χ4v) is 7.04. The van der Waals surface area contributed by atoms with Gasteiger partial charge < -0.3 is 24.9 Å². The molecule has 2 atom stereocenters. The Labute approximate surface area is 303 Å². The van der Waals surface area contributed by atoms with Gasteiger partial charge in [-0.15, -0.1) is 23.1 Å². The molecule has 13 nitrogen and oxygen atoms in total. The lowest BCUT2D eigenvalue weighted by Crippen LogP contribution is -2.71. The molecule has 2 N–H and O–H groups in total. The molecule has 15 heteroatoms. The van der Waals surface area contributed by atoms with Crippen molar-refractivity contribution in [1.29, 1.82) is 0 Å². The Kier molecular flexibility index (Phi) is 11.1. The zero-order chi connectivity index (χ0) is 36.9. The van der Waals surface area contributed by atoms with E-state index in [4.69, 9.17) is 14.3 Å². The number of β-lactam (4-membered cyclic amide) rings is 1. The fraction of sp³-hybridized carbons (Fsp3) is 0.306. The van der Waals surface area contributed by atoms with Gasteiger partial charge in [0.05, 0.1) is 0 Å². The number of anilines is 1. The summed E-state index contributed by atoms with van der Waals surface area (Å²) >= 11 is 2.36. The highest BCUT2D eigenvalue weighted by Gasteiger charge is 2.55. The van der Waals surface area contributed by atoms with Gasteiger partial charge in [0.15, 0.2) is 16.9 Å². The highest BCUT2D eigenvalue weighted by Crippen LogP contribution is 2.42. The Morgan fingerprint density at radius 3 is 2.24 bits per heavy atom. The Morgan fingerprint density at radius 1 is 1.04 bits per heavy atom. The van der Waals surface area contributed by atoms with Gasteiger partial charge in [-0.3, -0.25) is 19.3 Å². The summed E-state index contributed by atoms with van der Waals surface area (Å²) < 4.78 is 11.5. The predicted molar refractivity (Wildman–Crippen MR) is 192 cm³/mol. The van der Waals surface area contributed by atoms with Crippen molar-refractivity contribution >= 4 is 64.1 Å². The van der Waals surface area contributed by atoms with Crippen LogP contribution in [0, 0.1) is 0 Å². The van der Waals surface area contributed by atoms with Crippen LogP contribution >= 0.6 is 23.1 Å². The number of carbonyl (C=O) groups excluding carboxylic acids is 5. The lowest BCUT2D eigenvalue weighted by molar-refractivity contribution is -0.179. The van der Waals surface area contributed by atoms with Crippen molar-refractivity contribution in [3.8, 4) is 0 Å². The molecule has 5 rings (SSSR count). The second-order valence-corrected chi connectivity index (χ2v) is 14.9. The minimum Gasteiger partial charge on any atom is -0.457 e. The van der Waals surface area contributed by atoms with E-state index in [2.05, 4.69) is 27.4 Å². The Bertz CT molecular complexity index is 1850. The van der Waals surface area contributed by atoms with Crippen LogP contribution in [-0.2, 0) is 38.3 Å². The number of thiazole rings is 1. The van der Waals surface area contributed by atoms with Crippen molar-refractivity contribution in [2.45, 2.75) is 63.3 Å². The molecule has 3 amide bonds. The van der Waals surface area contributed by atoms with E-state index < -0.39 is 52.5 Å². The highest BCUT2D eigenvalue weighted by molar-refractivity contribution is 8.00. The van der Waals surface area contributed by atoms with Gasteiger partial charge in [-0.25, -0.2) is 14.6 Å². The number of oxime groups is 1. The van der Waals surface area contributed by atoms with E-state index in [0.29, 0.717) is 17.7 Å². The monoisotopic (exact) mass is 731 g/mol. The molecule has 0 saturated carbocycles. The van der Waals surface area contributed by atoms with Crippen molar-refractivity contribution < 1.29 is 38.3 Å². The third-order valence-corrected chi connectivity index (χ3v) is 9.63. The fourth-order valence-electron chi connectivity index (χ4n) is 5.05. The number of nitrogens with one attached hydrogen (secondary N) is 2. The standard InChI is InChI=1S/C36H37N5O8S2/c1-7-21-18-50-31-26(30(44)41(31)27(21)32(45)47-28(22-14-10-8-11-15-22)23-16-12-9-13-17-23)39-29(43)25(24-19-51-34(38-24)37-20-42)40-49-36(5,6)33(46)48-35(2,3)4/h7-17,19-20,26,28,31H,1,18H2,2-6H3,(H,39,43)(H,37,38,42)/b40-25+/t26?,31-/m1/s1. The van der Waals surface area contributed by atoms with Crippen LogP contribution in [0.15, 0.2) is 95.1 Å². The highest BCUT2D eigenvalue weighted by atomic mass is 32.2. The number of amides is 3. The molecule has 2 aromatic carbocycles. The van der Waals surface area contributed by atoms with E-state index in [9.17, 15) is 24.0 Å². The van der Waals surface area contributed by atoms with Crippen molar-refractivity contribution in [2.24, 2.45) is 5.16 Å². The first-order chi connectivity index (χ1) is 24.2. The Morgan fingerprint density at radius 2 is 1.67 bits per heavy atom. The molecule has 1 unspecified atom stereocenters. The van der Waals surface area contributed by atoms with Gasteiger partial charge in [0.1, 0.15) is 28.4 Å². The van der Waals surface area contributed by atoms with Crippen LogP contribution < -0.4 is 10.6 Å². The number of esters is 2. The molecule has 2 aliphatic rings. The first-order valence-electron chi connectivity index (χ1n) is 15.8. The third-order valence-electron chi connectivity index (χ3n) is 7.55. The number of carbonyl (C=O) groups is 5. The minimum atomic E-state index is -1.61. The van der Waals surface area contributed by atoms with Crippen LogP contribution in [-0.4, -0.2) is 74.1 Å². The maximum Gasteiger partial charge on any atom is 0.356 e. The number of hydrogen-bond donors (Lipinski definition) is 2. The van der Waals surface area contributed by atoms with E-state index in [1.54, 1.807) is 20.8 Å². The van der Waals surface area contributed by atoms with Crippen LogP contribution in [0.5, 0.6) is 0 Å². The van der Waals surface area contributed by atoms with E-state index in [1.165, 1.54) is 42.0 Å². The van der Waals surface area contributed by atoms with Crippen LogP contribution in [0.2, 0.25) is 0 Å². The van der Waals surface area contributed by atoms with Gasteiger partial charge >= 0.3 is 11.9 Å². The first kappa shape index (κ1) is 37.0. The smallest absolute Gasteiger partial charge is 0.356 e. The van der Waals surface area contributed by atoms with E-state index >= 15 is 0 Å². The summed E-state index contributed by atoms with van der Waals surface area (Å²) in [4.78, 5) is 76.3. The number of rotatable bonds is 13. The number of benzene rings is 2.